The molecule has 5 N–H and O–H groups in total. The maximum Gasteiger partial charge on any atom is 0.407 e. The van der Waals surface area contributed by atoms with Crippen molar-refractivity contribution >= 4 is 35.5 Å². The molecule has 2 aromatic carbocycles. The number of nitrogens with zero attached hydrogens (tertiary/aromatic N) is 1. The predicted molar refractivity (Wildman–Crippen MR) is 155 cm³/mol. The Hall–Kier alpha value is -3.67. The largest absolute Gasteiger partial charge is 0.481 e. The van der Waals surface area contributed by atoms with Gasteiger partial charge in [-0.1, -0.05) is 54.1 Å². The summed E-state index contributed by atoms with van der Waals surface area (Å²) >= 11 is 5.97. The van der Waals surface area contributed by atoms with E-state index in [4.69, 9.17) is 26.8 Å². The van der Waals surface area contributed by atoms with Gasteiger partial charge >= 0.3 is 18.0 Å². The minimum atomic E-state index is -1.90. The van der Waals surface area contributed by atoms with E-state index in [-0.39, 0.29) is 39.0 Å². The van der Waals surface area contributed by atoms with Gasteiger partial charge in [0.15, 0.2) is 0 Å². The molecular formula is C30H38ClN3O8. The van der Waals surface area contributed by atoms with Crippen LogP contribution in [0.1, 0.15) is 43.2 Å². The molecule has 228 valence electrons. The number of methoxy groups -OCH3 is 1. The lowest BCUT2D eigenvalue weighted by atomic mass is 9.76. The first-order valence-electron chi connectivity index (χ1n) is 13.8. The number of nitrogens with one attached hydrogen (secondary N) is 1. The number of hydrogen-bond acceptors (Lipinski definition) is 7. The van der Waals surface area contributed by atoms with Crippen molar-refractivity contribution in [2.24, 2.45) is 11.7 Å². The van der Waals surface area contributed by atoms with Gasteiger partial charge in [-0.3, -0.25) is 9.59 Å². The maximum absolute atomic E-state index is 13.9. The number of rotatable bonds is 15. The van der Waals surface area contributed by atoms with E-state index in [1.54, 1.807) is 24.3 Å². The third kappa shape index (κ3) is 8.91. The van der Waals surface area contributed by atoms with Crippen molar-refractivity contribution in [2.75, 3.05) is 20.2 Å². The molecule has 1 fully saturated rings. The Kier molecular flexibility index (Phi) is 12.1. The van der Waals surface area contributed by atoms with Gasteiger partial charge in [0.1, 0.15) is 18.2 Å². The number of halogens is 1. The number of nitrogens with two attached hydrogens (primary N) is 1. The first-order chi connectivity index (χ1) is 20.0. The van der Waals surface area contributed by atoms with Gasteiger partial charge < -0.3 is 35.6 Å². The topological polar surface area (TPSA) is 168 Å². The number of carbonyl (C=O) groups excluding carboxylic acids is 2. The highest BCUT2D eigenvalue weighted by Crippen LogP contribution is 2.32. The second-order valence-electron chi connectivity index (χ2n) is 10.4. The molecule has 1 unspecified atom stereocenters. The molecule has 0 radical (unpaired) electrons. The van der Waals surface area contributed by atoms with Gasteiger partial charge in [-0.05, 0) is 55.4 Å². The van der Waals surface area contributed by atoms with E-state index in [1.165, 1.54) is 7.11 Å². The smallest absolute Gasteiger partial charge is 0.407 e. The predicted octanol–water partition coefficient (Wildman–Crippen LogP) is 3.47. The number of aryl methyl sites for hydroxylation is 1. The van der Waals surface area contributed by atoms with Crippen LogP contribution in [0.5, 0.6) is 0 Å². The molecule has 2 aromatic rings. The number of alkyl carbamates (subject to hydrolysis) is 1. The van der Waals surface area contributed by atoms with Gasteiger partial charge in [-0.25, -0.2) is 9.59 Å². The summed E-state index contributed by atoms with van der Waals surface area (Å²) in [7, 11) is 1.43. The zero-order valence-corrected chi connectivity index (χ0v) is 24.3. The van der Waals surface area contributed by atoms with Crippen molar-refractivity contribution in [3.05, 3.63) is 70.7 Å². The SMILES string of the molecule is CO[C@@H]1C[C@@H](C(=O)O)N(C(=O)[C@@](N)(CCCCNC(=O)OCc2ccccc2)C(CCc2ccc(Cl)cc2)C(=O)O)C1. The Bertz CT molecular complexity index is 1210. The van der Waals surface area contributed by atoms with Crippen LogP contribution >= 0.6 is 11.6 Å². The summed E-state index contributed by atoms with van der Waals surface area (Å²) in [5.41, 5.74) is 6.48. The van der Waals surface area contributed by atoms with Crippen LogP contribution in [-0.2, 0) is 36.9 Å². The molecule has 42 heavy (non-hydrogen) atoms. The molecule has 0 aliphatic carbocycles. The number of carboxylic acids is 2. The Morgan fingerprint density at radius 1 is 1.07 bits per heavy atom. The first-order valence-corrected chi connectivity index (χ1v) is 14.2. The van der Waals surface area contributed by atoms with E-state index in [1.807, 2.05) is 30.3 Å². The fourth-order valence-corrected chi connectivity index (χ4v) is 5.32. The number of ether oxygens (including phenoxy) is 2. The van der Waals surface area contributed by atoms with Crippen LogP contribution in [0.2, 0.25) is 5.02 Å². The van der Waals surface area contributed by atoms with Gasteiger partial charge in [0.05, 0.1) is 12.0 Å². The summed E-state index contributed by atoms with van der Waals surface area (Å²) in [4.78, 5) is 51.7. The van der Waals surface area contributed by atoms with Crippen molar-refractivity contribution in [1.29, 1.82) is 0 Å². The van der Waals surface area contributed by atoms with Crippen LogP contribution in [0.15, 0.2) is 54.6 Å². The molecule has 1 aliphatic rings. The van der Waals surface area contributed by atoms with E-state index in [9.17, 15) is 29.4 Å². The Morgan fingerprint density at radius 3 is 2.38 bits per heavy atom. The second-order valence-corrected chi connectivity index (χ2v) is 10.9. The van der Waals surface area contributed by atoms with E-state index >= 15 is 0 Å². The van der Waals surface area contributed by atoms with Gasteiger partial charge in [0.25, 0.3) is 0 Å². The zero-order chi connectivity index (χ0) is 30.7. The quantitative estimate of drug-likeness (QED) is 0.223. The zero-order valence-electron chi connectivity index (χ0n) is 23.5. The minimum Gasteiger partial charge on any atom is -0.481 e. The van der Waals surface area contributed by atoms with Crippen LogP contribution in [0.4, 0.5) is 4.79 Å². The molecule has 0 bridgehead atoms. The number of hydrogen-bond donors (Lipinski definition) is 4. The molecule has 1 saturated heterocycles. The van der Waals surface area contributed by atoms with E-state index < -0.39 is 47.5 Å². The number of likely N-dealkylation sites (tertiary alicyclic amines) is 1. The summed E-state index contributed by atoms with van der Waals surface area (Å²) in [6, 6.07) is 15.0. The number of carbonyl (C=O) groups is 4. The fraction of sp³-hybridized carbons (Fsp3) is 0.467. The highest BCUT2D eigenvalue weighted by atomic mass is 35.5. The summed E-state index contributed by atoms with van der Waals surface area (Å²) in [5.74, 6) is -4.51. The highest BCUT2D eigenvalue weighted by Gasteiger charge is 2.51. The van der Waals surface area contributed by atoms with Gasteiger partial charge in [0, 0.05) is 31.6 Å². The summed E-state index contributed by atoms with van der Waals surface area (Å²) in [6.45, 7) is 0.321. The first kappa shape index (κ1) is 32.8. The van der Waals surface area contributed by atoms with Crippen molar-refractivity contribution in [3.8, 4) is 0 Å². The Morgan fingerprint density at radius 2 is 1.76 bits per heavy atom. The Labute approximate surface area is 249 Å². The lowest BCUT2D eigenvalue weighted by Gasteiger charge is -2.38. The van der Waals surface area contributed by atoms with E-state index in [0.717, 1.165) is 16.0 Å². The molecule has 0 aromatic heterocycles. The van der Waals surface area contributed by atoms with Crippen molar-refractivity contribution in [3.63, 3.8) is 0 Å². The minimum absolute atomic E-state index is 0.0103. The van der Waals surface area contributed by atoms with Crippen molar-refractivity contribution in [2.45, 2.75) is 62.8 Å². The highest BCUT2D eigenvalue weighted by molar-refractivity contribution is 6.30. The number of unbranched alkanes of at least 4 members (excludes halogenated alkanes) is 1. The lowest BCUT2D eigenvalue weighted by Crippen LogP contribution is -2.63. The number of aliphatic carboxylic acids is 2. The number of carboxylic acid groups (broad SMARTS) is 2. The molecule has 4 atom stereocenters. The summed E-state index contributed by atoms with van der Waals surface area (Å²) in [6.07, 6.45) is -0.0313. The molecule has 3 rings (SSSR count). The van der Waals surface area contributed by atoms with Gasteiger partial charge in [0.2, 0.25) is 5.91 Å². The van der Waals surface area contributed by atoms with Crippen LogP contribution in [0.25, 0.3) is 0 Å². The van der Waals surface area contributed by atoms with E-state index in [0.29, 0.717) is 24.3 Å². The van der Waals surface area contributed by atoms with Crippen LogP contribution in [0.3, 0.4) is 0 Å². The molecule has 1 heterocycles. The molecule has 1 aliphatic heterocycles. The summed E-state index contributed by atoms with van der Waals surface area (Å²) in [5, 5.41) is 23.2. The summed E-state index contributed by atoms with van der Waals surface area (Å²) < 4.78 is 10.5. The van der Waals surface area contributed by atoms with Crippen LogP contribution in [-0.4, -0.2) is 76.9 Å². The standard InChI is InChI=1S/C30H38ClN3O8/c1-41-23-17-25(27(37)38)34(18-23)28(39)30(32,24(26(35)36)14-11-20-9-12-22(31)13-10-20)15-5-6-16-33-29(40)42-19-21-7-3-2-4-8-21/h2-4,7-10,12-13,23-25H,5-6,11,14-19,32H2,1H3,(H,33,40)(H,35,36)(H,37,38)/t23-,24?,25+,30-/m1/s1. The van der Waals surface area contributed by atoms with Crippen LogP contribution in [0, 0.1) is 5.92 Å². The molecule has 0 spiro atoms. The van der Waals surface area contributed by atoms with E-state index in [2.05, 4.69) is 5.32 Å². The second kappa shape index (κ2) is 15.5. The van der Waals surface area contributed by atoms with Crippen molar-refractivity contribution in [1.82, 2.24) is 10.2 Å². The maximum atomic E-state index is 13.9. The monoisotopic (exact) mass is 603 g/mol. The third-order valence-corrected chi connectivity index (χ3v) is 7.85. The number of benzene rings is 2. The number of amides is 2. The lowest BCUT2D eigenvalue weighted by molar-refractivity contribution is -0.156. The molecule has 11 nitrogen and oxygen atoms in total. The van der Waals surface area contributed by atoms with Crippen molar-refractivity contribution < 1.29 is 38.9 Å². The average molecular weight is 604 g/mol. The normalized spacial score (nSPS) is 18.6. The average Bonchev–Trinajstić information content (AvgIpc) is 3.42. The molecule has 0 saturated carbocycles. The molecular weight excluding hydrogens is 566 g/mol. The van der Waals surface area contributed by atoms with Gasteiger partial charge in [-0.15, -0.1) is 0 Å². The van der Waals surface area contributed by atoms with Gasteiger partial charge in [-0.2, -0.15) is 0 Å². The Balaban J connectivity index is 1.70. The molecule has 12 heteroatoms. The van der Waals surface area contributed by atoms with Crippen LogP contribution < -0.4 is 11.1 Å². The fourth-order valence-electron chi connectivity index (χ4n) is 5.19. The third-order valence-electron chi connectivity index (χ3n) is 7.59. The molecule has 2 amide bonds.